The molecular weight excluding hydrogens is 460 g/mol. The number of ether oxygens (including phenoxy) is 1. The van der Waals surface area contributed by atoms with Crippen molar-refractivity contribution in [2.24, 2.45) is 11.8 Å². The minimum atomic E-state index is -0.210. The molecule has 3 saturated heterocycles. The molecule has 2 aromatic carbocycles. The third-order valence-corrected chi connectivity index (χ3v) is 10.6. The van der Waals surface area contributed by atoms with Gasteiger partial charge in [0, 0.05) is 47.1 Å². The molecule has 5 fully saturated rings. The second kappa shape index (κ2) is 7.02. The number of nitrogens with zero attached hydrogens (tertiary/aromatic N) is 2. The van der Waals surface area contributed by atoms with E-state index >= 15 is 0 Å². The highest BCUT2D eigenvalue weighted by Gasteiger charge is 2.78. The molecule has 0 unspecified atom stereocenters. The summed E-state index contributed by atoms with van der Waals surface area (Å²) in [5.41, 5.74) is 2.98. The third kappa shape index (κ3) is 2.65. The summed E-state index contributed by atoms with van der Waals surface area (Å²) >= 11 is 6.23. The van der Waals surface area contributed by atoms with Gasteiger partial charge in [-0.3, -0.25) is 9.69 Å². The molecular formula is C29H31ClN2O3. The molecule has 3 aliphatic carbocycles. The predicted octanol–water partition coefficient (Wildman–Crippen LogP) is 4.40. The summed E-state index contributed by atoms with van der Waals surface area (Å²) in [5, 5.41) is 11.2. The van der Waals surface area contributed by atoms with Gasteiger partial charge < -0.3 is 14.7 Å². The van der Waals surface area contributed by atoms with Crippen molar-refractivity contribution < 1.29 is 14.6 Å². The van der Waals surface area contributed by atoms with Crippen LogP contribution in [-0.4, -0.2) is 64.2 Å². The fourth-order valence-electron chi connectivity index (χ4n) is 9.04. The third-order valence-electron chi connectivity index (χ3n) is 10.4. The molecule has 2 saturated carbocycles. The van der Waals surface area contributed by atoms with Gasteiger partial charge in [0.2, 0.25) is 0 Å². The average molecular weight is 491 g/mol. The van der Waals surface area contributed by atoms with Crippen LogP contribution in [0.1, 0.15) is 53.6 Å². The van der Waals surface area contributed by atoms with Gasteiger partial charge in [0.05, 0.1) is 11.7 Å². The molecule has 0 aromatic heterocycles. The number of halogens is 1. The minimum absolute atomic E-state index is 0.0438. The van der Waals surface area contributed by atoms with E-state index in [1.54, 1.807) is 6.07 Å². The number of rotatable bonds is 3. The number of phenols is 1. The van der Waals surface area contributed by atoms with Crippen LogP contribution in [0.4, 0.5) is 0 Å². The van der Waals surface area contributed by atoms with E-state index in [4.69, 9.17) is 16.3 Å². The van der Waals surface area contributed by atoms with Crippen LogP contribution in [0, 0.1) is 11.8 Å². The van der Waals surface area contributed by atoms with E-state index in [9.17, 15) is 9.90 Å². The van der Waals surface area contributed by atoms with Gasteiger partial charge in [-0.15, -0.1) is 0 Å². The lowest BCUT2D eigenvalue weighted by Crippen LogP contribution is -2.74. The number of fused-ring (bicyclic) bond motifs is 1. The smallest absolute Gasteiger partial charge is 0.254 e. The maximum atomic E-state index is 13.7. The Morgan fingerprint density at radius 2 is 2.03 bits per heavy atom. The molecule has 6 aliphatic rings. The Kier molecular flexibility index (Phi) is 4.22. The standard InChI is InChI=1S/C29H31ClN2O3/c30-20-3-1-2-19(12-20)27(34)32-16-24-26-23(32)8-9-29(35-24)25-13-18-6-7-21(33)14-22(18)28(26,29)10-11-31(25)15-17-4-5-17/h1-3,6-7,12,14,17,23-26,33H,4-5,8-11,13,15-16H2/t23-,24-,25-,26+,28+,29-/m1/s1. The molecule has 8 rings (SSSR count). The molecule has 2 aromatic rings. The Morgan fingerprint density at radius 1 is 1.14 bits per heavy atom. The van der Waals surface area contributed by atoms with Gasteiger partial charge in [-0.1, -0.05) is 23.7 Å². The Hall–Kier alpha value is -2.08. The fraction of sp³-hybridized carbons (Fsp3) is 0.552. The molecule has 3 aliphatic heterocycles. The maximum absolute atomic E-state index is 13.7. The van der Waals surface area contributed by atoms with Crippen LogP contribution >= 0.6 is 11.6 Å². The Balaban J connectivity index is 1.24. The van der Waals surface area contributed by atoms with E-state index in [0.717, 1.165) is 38.1 Å². The number of likely N-dealkylation sites (tertiary alicyclic amines) is 2. The number of piperidine rings is 1. The van der Waals surface area contributed by atoms with E-state index in [0.29, 0.717) is 28.9 Å². The lowest BCUT2D eigenvalue weighted by Gasteiger charge is -2.64. The number of hydrogen-bond acceptors (Lipinski definition) is 4. The highest BCUT2D eigenvalue weighted by molar-refractivity contribution is 6.30. The summed E-state index contributed by atoms with van der Waals surface area (Å²) in [6, 6.07) is 13.9. The molecule has 6 atom stereocenters. The van der Waals surface area contributed by atoms with Crippen molar-refractivity contribution in [3.63, 3.8) is 0 Å². The number of hydrogen-bond donors (Lipinski definition) is 1. The first kappa shape index (κ1) is 21.0. The quantitative estimate of drug-likeness (QED) is 0.693. The van der Waals surface area contributed by atoms with Gasteiger partial charge in [-0.2, -0.15) is 0 Å². The lowest BCUT2D eigenvalue weighted by atomic mass is 9.46. The van der Waals surface area contributed by atoms with Crippen molar-refractivity contribution in [3.8, 4) is 5.75 Å². The number of carbonyl (C=O) groups is 1. The summed E-state index contributed by atoms with van der Waals surface area (Å²) < 4.78 is 7.25. The average Bonchev–Trinajstić information content (AvgIpc) is 3.54. The SMILES string of the molecule is O=C(c1cccc(Cl)c1)N1C[C@H]2O[C@@]34CC[C@@H]1[C@@H]2[C@@]31CCN(CC2CC2)[C@@H]4Cc2ccc(O)cc21. The zero-order valence-corrected chi connectivity index (χ0v) is 20.6. The van der Waals surface area contributed by atoms with Gasteiger partial charge >= 0.3 is 0 Å². The monoisotopic (exact) mass is 490 g/mol. The molecule has 3 heterocycles. The molecule has 0 radical (unpaired) electrons. The van der Waals surface area contributed by atoms with Crippen molar-refractivity contribution in [1.29, 1.82) is 0 Å². The summed E-state index contributed by atoms with van der Waals surface area (Å²) in [6.07, 6.45) is 6.77. The highest BCUT2D eigenvalue weighted by atomic mass is 35.5. The zero-order valence-electron chi connectivity index (χ0n) is 19.8. The van der Waals surface area contributed by atoms with Crippen LogP contribution in [0.2, 0.25) is 5.02 Å². The van der Waals surface area contributed by atoms with Crippen LogP contribution in [0.25, 0.3) is 0 Å². The van der Waals surface area contributed by atoms with Crippen molar-refractivity contribution >= 4 is 17.5 Å². The number of amides is 1. The Bertz CT molecular complexity index is 1250. The Labute approximate surface area is 211 Å². The molecule has 6 heteroatoms. The summed E-state index contributed by atoms with van der Waals surface area (Å²) in [7, 11) is 0. The van der Waals surface area contributed by atoms with Gasteiger partial charge in [0.15, 0.2) is 0 Å². The summed E-state index contributed by atoms with van der Waals surface area (Å²) in [6.45, 7) is 2.92. The second-order valence-electron chi connectivity index (χ2n) is 11.9. The lowest BCUT2D eigenvalue weighted by molar-refractivity contribution is -0.171. The molecule has 182 valence electrons. The molecule has 1 amide bonds. The first-order valence-corrected chi connectivity index (χ1v) is 13.7. The predicted molar refractivity (Wildman–Crippen MR) is 133 cm³/mol. The maximum Gasteiger partial charge on any atom is 0.254 e. The molecule has 5 nitrogen and oxygen atoms in total. The molecule has 35 heavy (non-hydrogen) atoms. The first-order chi connectivity index (χ1) is 17.0. The van der Waals surface area contributed by atoms with Crippen LogP contribution in [0.3, 0.4) is 0 Å². The first-order valence-electron chi connectivity index (χ1n) is 13.3. The zero-order chi connectivity index (χ0) is 23.5. The molecule has 0 spiro atoms. The number of phenolic OH excluding ortho intramolecular Hbond substituents is 1. The summed E-state index contributed by atoms with van der Waals surface area (Å²) in [5.74, 6) is 1.53. The molecule has 4 bridgehead atoms. The van der Waals surface area contributed by atoms with Gasteiger partial charge in [0.25, 0.3) is 5.91 Å². The van der Waals surface area contributed by atoms with Crippen LogP contribution in [0.15, 0.2) is 42.5 Å². The van der Waals surface area contributed by atoms with Gasteiger partial charge in [-0.05, 0) is 92.4 Å². The molecule has 1 N–H and O–H groups in total. The van der Waals surface area contributed by atoms with Crippen LogP contribution < -0.4 is 0 Å². The number of benzene rings is 2. The van der Waals surface area contributed by atoms with Crippen LogP contribution in [-0.2, 0) is 16.6 Å². The number of carbonyl (C=O) groups excluding carboxylic acids is 1. The second-order valence-corrected chi connectivity index (χ2v) is 12.3. The topological polar surface area (TPSA) is 53.0 Å². The normalized spacial score (nSPS) is 38.8. The highest BCUT2D eigenvalue weighted by Crippen LogP contribution is 2.69. The fourth-order valence-corrected chi connectivity index (χ4v) is 9.23. The van der Waals surface area contributed by atoms with E-state index in [1.807, 2.05) is 30.3 Å². The van der Waals surface area contributed by atoms with Crippen LogP contribution in [0.5, 0.6) is 5.75 Å². The number of aromatic hydroxyl groups is 1. The summed E-state index contributed by atoms with van der Waals surface area (Å²) in [4.78, 5) is 18.5. The van der Waals surface area contributed by atoms with Crippen molar-refractivity contribution in [3.05, 3.63) is 64.2 Å². The van der Waals surface area contributed by atoms with E-state index in [-0.39, 0.29) is 35.0 Å². The minimum Gasteiger partial charge on any atom is -0.508 e. The van der Waals surface area contributed by atoms with Crippen molar-refractivity contribution in [1.82, 2.24) is 9.80 Å². The Morgan fingerprint density at radius 3 is 2.86 bits per heavy atom. The van der Waals surface area contributed by atoms with Crippen molar-refractivity contribution in [2.45, 2.75) is 67.7 Å². The van der Waals surface area contributed by atoms with Gasteiger partial charge in [0.1, 0.15) is 5.75 Å². The largest absolute Gasteiger partial charge is 0.508 e. The van der Waals surface area contributed by atoms with Crippen molar-refractivity contribution in [2.75, 3.05) is 19.6 Å². The van der Waals surface area contributed by atoms with E-state index < -0.39 is 0 Å². The van der Waals surface area contributed by atoms with E-state index in [2.05, 4.69) is 15.9 Å². The van der Waals surface area contributed by atoms with E-state index in [1.165, 1.54) is 30.5 Å². The van der Waals surface area contributed by atoms with Gasteiger partial charge in [-0.25, -0.2) is 0 Å².